The van der Waals surface area contributed by atoms with Crippen LogP contribution >= 0.6 is 0 Å². The van der Waals surface area contributed by atoms with Crippen LogP contribution in [0.25, 0.3) is 0 Å². The Hall–Kier alpha value is -1.36. The van der Waals surface area contributed by atoms with Gasteiger partial charge >= 0.3 is 5.97 Å². The summed E-state index contributed by atoms with van der Waals surface area (Å²) in [4.78, 5) is 11.9. The summed E-state index contributed by atoms with van der Waals surface area (Å²) in [6.45, 7) is 5.59. The van der Waals surface area contributed by atoms with Crippen molar-refractivity contribution in [2.75, 3.05) is 6.61 Å². The Morgan fingerprint density at radius 1 is 1.25 bits per heavy atom. The van der Waals surface area contributed by atoms with Crippen LogP contribution in [-0.2, 0) is 25.1 Å². The molecule has 0 spiro atoms. The summed E-state index contributed by atoms with van der Waals surface area (Å²) in [7, 11) is -3.56. The third kappa shape index (κ3) is 4.34. The second kappa shape index (κ2) is 7.43. The van der Waals surface area contributed by atoms with Gasteiger partial charge in [-0.05, 0) is 31.4 Å². The lowest BCUT2D eigenvalue weighted by atomic mass is 10.1. The Labute approximate surface area is 121 Å². The number of carbonyl (C=O) groups excluding carboxylic acids is 1. The summed E-state index contributed by atoms with van der Waals surface area (Å²) in [5, 5.41) is -1.06. The van der Waals surface area contributed by atoms with Crippen molar-refractivity contribution in [1.82, 2.24) is 0 Å². The number of hydrogen-bond acceptors (Lipinski definition) is 4. The van der Waals surface area contributed by atoms with Crippen molar-refractivity contribution in [3.8, 4) is 0 Å². The quantitative estimate of drug-likeness (QED) is 0.726. The van der Waals surface area contributed by atoms with E-state index in [-0.39, 0.29) is 12.4 Å². The number of sulfone groups is 1. The molecule has 0 radical (unpaired) electrons. The Morgan fingerprint density at radius 2 is 1.90 bits per heavy atom. The molecule has 0 fully saturated rings. The molecule has 4 nitrogen and oxygen atoms in total. The van der Waals surface area contributed by atoms with Gasteiger partial charge in [0.15, 0.2) is 15.1 Å². The summed E-state index contributed by atoms with van der Waals surface area (Å²) < 4.78 is 29.8. The van der Waals surface area contributed by atoms with Crippen molar-refractivity contribution < 1.29 is 17.9 Å². The van der Waals surface area contributed by atoms with E-state index in [1.807, 2.05) is 26.0 Å². The number of ether oxygens (including phenoxy) is 1. The maximum atomic E-state index is 12.5. The SMILES string of the molecule is CCCC(C(=O)OCC)S(=O)(=O)Cc1ccccc1C. The molecule has 0 saturated carbocycles. The molecular weight excluding hydrogens is 276 g/mol. The highest BCUT2D eigenvalue weighted by atomic mass is 32.2. The van der Waals surface area contributed by atoms with Crippen molar-refractivity contribution >= 4 is 15.8 Å². The highest BCUT2D eigenvalue weighted by Crippen LogP contribution is 2.19. The first-order valence-corrected chi connectivity index (χ1v) is 8.56. The molecule has 5 heteroatoms. The molecule has 1 aromatic rings. The maximum Gasteiger partial charge on any atom is 0.324 e. The lowest BCUT2D eigenvalue weighted by molar-refractivity contribution is -0.142. The van der Waals surface area contributed by atoms with Crippen LogP contribution in [0.3, 0.4) is 0 Å². The van der Waals surface area contributed by atoms with Crippen molar-refractivity contribution in [2.45, 2.75) is 44.6 Å². The lowest BCUT2D eigenvalue weighted by Crippen LogP contribution is -2.33. The standard InChI is InChI=1S/C15H22O4S/c1-4-8-14(15(16)19-5-2)20(17,18)11-13-10-7-6-9-12(13)3/h6-7,9-10,14H,4-5,8,11H2,1-3H3. The molecule has 1 aromatic carbocycles. The Bertz CT molecular complexity index is 549. The number of carbonyl (C=O) groups is 1. The summed E-state index contributed by atoms with van der Waals surface area (Å²) in [6.07, 6.45) is 0.920. The van der Waals surface area contributed by atoms with E-state index in [1.165, 1.54) is 0 Å². The van der Waals surface area contributed by atoms with E-state index >= 15 is 0 Å². The van der Waals surface area contributed by atoms with Gasteiger partial charge < -0.3 is 4.74 Å². The van der Waals surface area contributed by atoms with Gasteiger partial charge in [0.25, 0.3) is 0 Å². The largest absolute Gasteiger partial charge is 0.465 e. The molecule has 0 N–H and O–H groups in total. The topological polar surface area (TPSA) is 60.4 Å². The normalized spacial score (nSPS) is 12.9. The highest BCUT2D eigenvalue weighted by Gasteiger charge is 2.33. The second-order valence-corrected chi connectivity index (χ2v) is 6.95. The van der Waals surface area contributed by atoms with Gasteiger partial charge in [-0.1, -0.05) is 37.6 Å². The minimum Gasteiger partial charge on any atom is -0.465 e. The number of aryl methyl sites for hydroxylation is 1. The van der Waals surface area contributed by atoms with Crippen molar-refractivity contribution in [3.05, 3.63) is 35.4 Å². The summed E-state index contributed by atoms with van der Waals surface area (Å²) in [6, 6.07) is 7.31. The minimum absolute atomic E-state index is 0.122. The minimum atomic E-state index is -3.56. The smallest absolute Gasteiger partial charge is 0.324 e. The third-order valence-corrected chi connectivity index (χ3v) is 5.16. The number of benzene rings is 1. The fourth-order valence-corrected chi connectivity index (χ4v) is 3.95. The predicted molar refractivity (Wildman–Crippen MR) is 79.1 cm³/mol. The van der Waals surface area contributed by atoms with E-state index in [0.717, 1.165) is 11.1 Å². The molecule has 112 valence electrons. The molecule has 0 aromatic heterocycles. The average molecular weight is 298 g/mol. The highest BCUT2D eigenvalue weighted by molar-refractivity contribution is 7.92. The lowest BCUT2D eigenvalue weighted by Gasteiger charge is -2.16. The van der Waals surface area contributed by atoms with E-state index in [2.05, 4.69) is 0 Å². The van der Waals surface area contributed by atoms with Gasteiger partial charge in [0.05, 0.1) is 12.4 Å². The van der Waals surface area contributed by atoms with Gasteiger partial charge in [0.1, 0.15) is 0 Å². The Morgan fingerprint density at radius 3 is 2.45 bits per heavy atom. The molecule has 0 aliphatic rings. The zero-order valence-corrected chi connectivity index (χ0v) is 13.1. The molecular formula is C15H22O4S. The number of rotatable bonds is 7. The molecule has 0 heterocycles. The van der Waals surface area contributed by atoms with Gasteiger partial charge in [-0.2, -0.15) is 0 Å². The summed E-state index contributed by atoms with van der Waals surface area (Å²) in [5.41, 5.74) is 1.65. The molecule has 20 heavy (non-hydrogen) atoms. The predicted octanol–water partition coefficient (Wildman–Crippen LogP) is 2.64. The fourth-order valence-electron chi connectivity index (χ4n) is 2.03. The van der Waals surface area contributed by atoms with E-state index in [4.69, 9.17) is 4.74 Å². The maximum absolute atomic E-state index is 12.5. The molecule has 1 atom stereocenters. The molecule has 0 bridgehead atoms. The van der Waals surface area contributed by atoms with Crippen LogP contribution in [0.15, 0.2) is 24.3 Å². The van der Waals surface area contributed by atoms with E-state index in [1.54, 1.807) is 19.1 Å². The van der Waals surface area contributed by atoms with Gasteiger partial charge in [-0.15, -0.1) is 0 Å². The van der Waals surface area contributed by atoms with Crippen LogP contribution in [0.1, 0.15) is 37.8 Å². The number of hydrogen-bond donors (Lipinski definition) is 0. The van der Waals surface area contributed by atoms with Crippen LogP contribution in [0.4, 0.5) is 0 Å². The third-order valence-electron chi connectivity index (χ3n) is 3.15. The molecule has 0 aliphatic heterocycles. The first-order valence-electron chi connectivity index (χ1n) is 6.85. The molecule has 1 unspecified atom stereocenters. The first-order chi connectivity index (χ1) is 9.42. The molecule has 0 aliphatic carbocycles. The zero-order valence-electron chi connectivity index (χ0n) is 12.3. The average Bonchev–Trinajstić information content (AvgIpc) is 2.38. The van der Waals surface area contributed by atoms with Gasteiger partial charge in [-0.3, -0.25) is 4.79 Å². The summed E-state index contributed by atoms with van der Waals surface area (Å²) >= 11 is 0. The van der Waals surface area contributed by atoms with E-state index < -0.39 is 21.1 Å². The Balaban J connectivity index is 2.99. The zero-order chi connectivity index (χ0) is 15.2. The molecule has 0 saturated heterocycles. The van der Waals surface area contributed by atoms with Gasteiger partial charge in [0, 0.05) is 0 Å². The molecule has 0 amide bonds. The van der Waals surface area contributed by atoms with E-state index in [9.17, 15) is 13.2 Å². The van der Waals surface area contributed by atoms with Crippen molar-refractivity contribution in [2.24, 2.45) is 0 Å². The first kappa shape index (κ1) is 16.7. The van der Waals surface area contributed by atoms with E-state index in [0.29, 0.717) is 12.8 Å². The van der Waals surface area contributed by atoms with Crippen molar-refractivity contribution in [3.63, 3.8) is 0 Å². The van der Waals surface area contributed by atoms with Crippen LogP contribution in [0.5, 0.6) is 0 Å². The second-order valence-electron chi connectivity index (χ2n) is 4.76. The van der Waals surface area contributed by atoms with Crippen LogP contribution in [0, 0.1) is 6.92 Å². The van der Waals surface area contributed by atoms with Gasteiger partial charge in [0.2, 0.25) is 0 Å². The van der Waals surface area contributed by atoms with Crippen LogP contribution in [-0.4, -0.2) is 26.2 Å². The van der Waals surface area contributed by atoms with Gasteiger partial charge in [-0.25, -0.2) is 8.42 Å². The summed E-state index contributed by atoms with van der Waals surface area (Å²) in [5.74, 6) is -0.758. The molecule has 1 rings (SSSR count). The van der Waals surface area contributed by atoms with Crippen molar-refractivity contribution in [1.29, 1.82) is 0 Å². The van der Waals surface area contributed by atoms with Crippen LogP contribution in [0.2, 0.25) is 0 Å². The number of esters is 1. The monoisotopic (exact) mass is 298 g/mol. The fraction of sp³-hybridized carbons (Fsp3) is 0.533. The van der Waals surface area contributed by atoms with Crippen LogP contribution < -0.4 is 0 Å². The Kier molecular flexibility index (Phi) is 6.20.